The lowest BCUT2D eigenvalue weighted by Crippen LogP contribution is -2.10. The van der Waals surface area contributed by atoms with Crippen LogP contribution < -0.4 is 10.5 Å². The molecule has 0 saturated carbocycles. The van der Waals surface area contributed by atoms with Crippen molar-refractivity contribution >= 4 is 60.6 Å². The van der Waals surface area contributed by atoms with Crippen molar-refractivity contribution in [2.45, 2.75) is 0 Å². The van der Waals surface area contributed by atoms with Crippen molar-refractivity contribution in [1.29, 1.82) is 0 Å². The smallest absolute Gasteiger partial charge is 0.344 e. The highest BCUT2D eigenvalue weighted by Gasteiger charge is 2.18. The summed E-state index contributed by atoms with van der Waals surface area (Å²) in [5.74, 6) is 0. The number of para-hydroxylation sites is 1. The van der Waals surface area contributed by atoms with Crippen LogP contribution in [0.3, 0.4) is 0 Å². The Kier molecular flexibility index (Phi) is 9.28. The number of benzene rings is 10. The molecule has 12 aromatic rings. The first-order valence-corrected chi connectivity index (χ1v) is 21.9. The first kappa shape index (κ1) is 38.0. The maximum Gasteiger partial charge on any atom is 0.344 e. The molecule has 0 N–H and O–H groups in total. The van der Waals surface area contributed by atoms with Gasteiger partial charge in [0, 0.05) is 45.0 Å². The molecule has 65 heavy (non-hydrogen) atoms. The minimum Gasteiger partial charge on any atom is -0.422 e. The highest BCUT2D eigenvalue weighted by molar-refractivity contribution is 6.11. The van der Waals surface area contributed by atoms with Gasteiger partial charge in [0.15, 0.2) is 0 Å². The van der Waals surface area contributed by atoms with Crippen LogP contribution in [0.25, 0.3) is 93.7 Å². The average Bonchev–Trinajstić information content (AvgIpc) is 3.71. The van der Waals surface area contributed by atoms with E-state index in [1.54, 1.807) is 0 Å². The van der Waals surface area contributed by atoms with Gasteiger partial charge >= 0.3 is 5.63 Å². The van der Waals surface area contributed by atoms with Crippen molar-refractivity contribution in [3.63, 3.8) is 0 Å². The molecule has 0 aliphatic rings. The Bertz CT molecular complexity index is 3700. The molecule has 4 heteroatoms. The topological polar surface area (TPSA) is 38.4 Å². The number of fused-ring (bicyclic) bond motifs is 6. The van der Waals surface area contributed by atoms with Crippen molar-refractivity contribution in [3.8, 4) is 50.2 Å². The third kappa shape index (κ3) is 6.85. The van der Waals surface area contributed by atoms with E-state index in [1.807, 2.05) is 30.3 Å². The maximum atomic E-state index is 13.9. The number of aromatic nitrogens is 1. The molecule has 0 aliphatic heterocycles. The molecular weight excluding hydrogens is 793 g/mol. The van der Waals surface area contributed by atoms with E-state index in [0.717, 1.165) is 77.9 Å². The third-order valence-electron chi connectivity index (χ3n) is 12.6. The molecule has 0 fully saturated rings. The Balaban J connectivity index is 0.908. The van der Waals surface area contributed by atoms with Gasteiger partial charge < -0.3 is 13.9 Å². The summed E-state index contributed by atoms with van der Waals surface area (Å²) in [6.45, 7) is 0. The fourth-order valence-electron chi connectivity index (χ4n) is 9.46. The van der Waals surface area contributed by atoms with Crippen LogP contribution in [0, 0.1) is 0 Å². The van der Waals surface area contributed by atoms with Crippen LogP contribution in [0.2, 0.25) is 0 Å². The number of anilines is 3. The molecule has 0 unspecified atom stereocenters. The lowest BCUT2D eigenvalue weighted by Gasteiger charge is -2.27. The van der Waals surface area contributed by atoms with Gasteiger partial charge in [-0.3, -0.25) is 0 Å². The zero-order valence-electron chi connectivity index (χ0n) is 35.3. The van der Waals surface area contributed by atoms with Crippen molar-refractivity contribution in [3.05, 3.63) is 253 Å². The summed E-state index contributed by atoms with van der Waals surface area (Å²) in [7, 11) is 0. The second kappa shape index (κ2) is 15.9. The fourth-order valence-corrected chi connectivity index (χ4v) is 9.46. The number of hydrogen-bond donors (Lipinski definition) is 0. The van der Waals surface area contributed by atoms with Crippen LogP contribution in [0.15, 0.2) is 252 Å². The van der Waals surface area contributed by atoms with Crippen LogP contribution >= 0.6 is 0 Å². The van der Waals surface area contributed by atoms with E-state index in [-0.39, 0.29) is 5.63 Å². The van der Waals surface area contributed by atoms with E-state index < -0.39 is 0 Å². The summed E-state index contributed by atoms with van der Waals surface area (Å²) in [5, 5.41) is 4.64. The predicted octanol–water partition coefficient (Wildman–Crippen LogP) is 16.2. The summed E-state index contributed by atoms with van der Waals surface area (Å²) in [5.41, 5.74) is 15.4. The van der Waals surface area contributed by atoms with Crippen molar-refractivity contribution in [1.82, 2.24) is 4.57 Å². The van der Waals surface area contributed by atoms with Gasteiger partial charge in [0.05, 0.1) is 16.4 Å². The molecule has 2 aromatic heterocycles. The summed E-state index contributed by atoms with van der Waals surface area (Å²) in [6, 6.07) is 84.9. The van der Waals surface area contributed by atoms with Gasteiger partial charge in [-0.25, -0.2) is 4.79 Å². The average molecular weight is 833 g/mol. The first-order valence-electron chi connectivity index (χ1n) is 21.9. The molecule has 306 valence electrons. The Labute approximate surface area is 376 Å². The van der Waals surface area contributed by atoms with Crippen LogP contribution in [0.4, 0.5) is 17.1 Å². The van der Waals surface area contributed by atoms with Gasteiger partial charge in [-0.15, -0.1) is 0 Å². The third-order valence-corrected chi connectivity index (χ3v) is 12.6. The van der Waals surface area contributed by atoms with Gasteiger partial charge in [-0.05, 0) is 123 Å². The Morgan fingerprint density at radius 2 is 0.785 bits per heavy atom. The highest BCUT2D eigenvalue weighted by Crippen LogP contribution is 2.40. The molecule has 0 bridgehead atoms. The van der Waals surface area contributed by atoms with Crippen LogP contribution in [-0.4, -0.2) is 4.57 Å². The van der Waals surface area contributed by atoms with Gasteiger partial charge in [-0.1, -0.05) is 164 Å². The summed E-state index contributed by atoms with van der Waals surface area (Å²) in [4.78, 5) is 16.2. The van der Waals surface area contributed by atoms with Crippen molar-refractivity contribution < 1.29 is 4.42 Å². The van der Waals surface area contributed by atoms with Crippen molar-refractivity contribution in [2.75, 3.05) is 4.90 Å². The van der Waals surface area contributed by atoms with E-state index in [2.05, 4.69) is 222 Å². The van der Waals surface area contributed by atoms with Crippen LogP contribution in [-0.2, 0) is 0 Å². The maximum absolute atomic E-state index is 13.9. The molecule has 0 amide bonds. The molecule has 10 aromatic carbocycles. The molecular formula is C61H40N2O2. The van der Waals surface area contributed by atoms with Gasteiger partial charge in [0.25, 0.3) is 0 Å². The standard InChI is InChI=1S/C61H40N2O2/c64-61-57-39-47(28-33-53(57)55-34-32-52(40-60(55)65-61)63-58-25-11-10-24-54(58)56-38-48(29-35-59(56)63)43-18-8-3-9-19-43)44-26-30-49(31-27-44)62(50-22-12-20-45(36-50)41-14-4-1-5-15-41)51-23-13-21-46(37-51)42-16-6-2-7-17-42/h1-40H. The Morgan fingerprint density at radius 1 is 0.308 bits per heavy atom. The minimum atomic E-state index is -0.361. The number of rotatable bonds is 8. The molecule has 0 atom stereocenters. The first-order chi connectivity index (χ1) is 32.1. The SMILES string of the molecule is O=c1oc2cc(-n3c4ccccc4c4cc(-c5ccccc5)ccc43)ccc2c2ccc(-c3ccc(N(c4cccc(-c5ccccc5)c4)c4cccc(-c5ccccc5)c4)cc3)cc12. The molecule has 4 nitrogen and oxygen atoms in total. The highest BCUT2D eigenvalue weighted by atomic mass is 16.4. The van der Waals surface area contributed by atoms with Crippen molar-refractivity contribution in [2.24, 2.45) is 0 Å². The monoisotopic (exact) mass is 832 g/mol. The normalized spacial score (nSPS) is 11.4. The van der Waals surface area contributed by atoms with Gasteiger partial charge in [0.2, 0.25) is 0 Å². The molecule has 2 heterocycles. The molecule has 0 radical (unpaired) electrons. The molecule has 12 rings (SSSR count). The van der Waals surface area contributed by atoms with E-state index in [9.17, 15) is 4.79 Å². The molecule has 0 aliphatic carbocycles. The van der Waals surface area contributed by atoms with Crippen LogP contribution in [0.5, 0.6) is 0 Å². The van der Waals surface area contributed by atoms with Gasteiger partial charge in [-0.2, -0.15) is 0 Å². The summed E-state index contributed by atoms with van der Waals surface area (Å²) >= 11 is 0. The second-order valence-corrected chi connectivity index (χ2v) is 16.5. The van der Waals surface area contributed by atoms with E-state index in [1.165, 1.54) is 21.9 Å². The zero-order valence-corrected chi connectivity index (χ0v) is 35.3. The lowest BCUT2D eigenvalue weighted by atomic mass is 9.99. The van der Waals surface area contributed by atoms with Gasteiger partial charge in [0.1, 0.15) is 5.58 Å². The van der Waals surface area contributed by atoms with E-state index in [0.29, 0.717) is 11.0 Å². The predicted molar refractivity (Wildman–Crippen MR) is 271 cm³/mol. The Morgan fingerprint density at radius 3 is 1.42 bits per heavy atom. The summed E-state index contributed by atoms with van der Waals surface area (Å²) < 4.78 is 8.42. The van der Waals surface area contributed by atoms with E-state index in [4.69, 9.17) is 4.42 Å². The quantitative estimate of drug-likeness (QED) is 0.113. The number of nitrogens with zero attached hydrogens (tertiary/aromatic N) is 2. The van der Waals surface area contributed by atoms with Crippen LogP contribution in [0.1, 0.15) is 0 Å². The molecule has 0 spiro atoms. The Hall–Kier alpha value is -8.73. The lowest BCUT2D eigenvalue weighted by molar-refractivity contribution is 0.569. The second-order valence-electron chi connectivity index (χ2n) is 16.5. The zero-order chi connectivity index (χ0) is 43.3. The summed E-state index contributed by atoms with van der Waals surface area (Å²) in [6.07, 6.45) is 0. The molecule has 0 saturated heterocycles. The number of hydrogen-bond acceptors (Lipinski definition) is 3. The fraction of sp³-hybridized carbons (Fsp3) is 0. The largest absolute Gasteiger partial charge is 0.422 e. The van der Waals surface area contributed by atoms with E-state index >= 15 is 0 Å². The minimum absolute atomic E-state index is 0.361.